The summed E-state index contributed by atoms with van der Waals surface area (Å²) in [4.78, 5) is 0. The van der Waals surface area contributed by atoms with E-state index in [9.17, 15) is 0 Å². The molecule has 2 heterocycles. The fourth-order valence-electron chi connectivity index (χ4n) is 6.50. The Morgan fingerprint density at radius 2 is 1.18 bits per heavy atom. The van der Waals surface area contributed by atoms with E-state index < -0.39 is 0 Å². The standard InChI is InChI=1S/C38H23NO/c1-2-9-27-23-35-32(21-26(27)8-1)30-14-3-4-16-34(30)39(35)29-13-5-12-25(20-29)28-18-19-36-33(22-28)31-15-6-10-24-11-7-17-37(40-36)38(24)31/h1-23H. The molecule has 0 unspecified atom stereocenters. The van der Waals surface area contributed by atoms with Crippen LogP contribution in [-0.4, -0.2) is 4.57 Å². The van der Waals surface area contributed by atoms with Crippen LogP contribution in [0.3, 0.4) is 0 Å². The van der Waals surface area contributed by atoms with Crippen LogP contribution in [0.15, 0.2) is 140 Å². The number of fused-ring (bicyclic) bond motifs is 6. The molecular weight excluding hydrogens is 486 g/mol. The lowest BCUT2D eigenvalue weighted by atomic mass is 9.92. The lowest BCUT2D eigenvalue weighted by molar-refractivity contribution is 0.487. The minimum atomic E-state index is 0.903. The molecule has 0 saturated heterocycles. The lowest BCUT2D eigenvalue weighted by Crippen LogP contribution is -1.97. The molecule has 1 aromatic heterocycles. The highest BCUT2D eigenvalue weighted by molar-refractivity contribution is 6.13. The molecule has 0 atom stereocenters. The molecule has 0 spiro atoms. The molecule has 0 radical (unpaired) electrons. The number of benzene rings is 7. The molecule has 9 rings (SSSR count). The van der Waals surface area contributed by atoms with Gasteiger partial charge in [0.2, 0.25) is 0 Å². The monoisotopic (exact) mass is 509 g/mol. The van der Waals surface area contributed by atoms with Crippen LogP contribution in [0.4, 0.5) is 0 Å². The Hall–Kier alpha value is -5.34. The Morgan fingerprint density at radius 3 is 2.10 bits per heavy atom. The lowest BCUT2D eigenvalue weighted by Gasteiger charge is -2.22. The number of hydrogen-bond donors (Lipinski definition) is 0. The Morgan fingerprint density at radius 1 is 0.425 bits per heavy atom. The van der Waals surface area contributed by atoms with E-state index in [0.29, 0.717) is 0 Å². The zero-order valence-corrected chi connectivity index (χ0v) is 21.6. The average Bonchev–Trinajstić information content (AvgIpc) is 3.33. The first-order chi connectivity index (χ1) is 19.8. The summed E-state index contributed by atoms with van der Waals surface area (Å²) < 4.78 is 8.75. The normalized spacial score (nSPS) is 12.2. The highest BCUT2D eigenvalue weighted by Gasteiger charge is 2.20. The van der Waals surface area contributed by atoms with Crippen molar-refractivity contribution in [1.82, 2.24) is 4.57 Å². The first kappa shape index (κ1) is 21.6. The van der Waals surface area contributed by atoms with Crippen molar-refractivity contribution in [2.45, 2.75) is 0 Å². The third kappa shape index (κ3) is 3.05. The van der Waals surface area contributed by atoms with E-state index in [4.69, 9.17) is 4.74 Å². The Balaban J connectivity index is 1.25. The second kappa shape index (κ2) is 8.08. The molecule has 0 fully saturated rings. The Kier molecular flexibility index (Phi) is 4.36. The number of aromatic nitrogens is 1. The second-order valence-corrected chi connectivity index (χ2v) is 10.6. The zero-order chi connectivity index (χ0) is 26.2. The summed E-state index contributed by atoms with van der Waals surface area (Å²) >= 11 is 0. The summed E-state index contributed by atoms with van der Waals surface area (Å²) in [6.45, 7) is 0. The van der Waals surface area contributed by atoms with Gasteiger partial charge in [-0.05, 0) is 81.4 Å². The fraction of sp³-hybridized carbons (Fsp3) is 0. The number of hydrogen-bond acceptors (Lipinski definition) is 1. The van der Waals surface area contributed by atoms with Crippen LogP contribution in [0.1, 0.15) is 0 Å². The van der Waals surface area contributed by atoms with Crippen molar-refractivity contribution in [3.63, 3.8) is 0 Å². The minimum Gasteiger partial charge on any atom is -0.456 e. The molecule has 8 aromatic rings. The van der Waals surface area contributed by atoms with E-state index in [1.165, 1.54) is 60.0 Å². The summed E-state index contributed by atoms with van der Waals surface area (Å²) in [6, 6.07) is 50.2. The fourth-order valence-corrected chi connectivity index (χ4v) is 6.50. The van der Waals surface area contributed by atoms with Gasteiger partial charge in [-0.2, -0.15) is 0 Å². The van der Waals surface area contributed by atoms with Crippen molar-refractivity contribution < 1.29 is 4.74 Å². The summed E-state index contributed by atoms with van der Waals surface area (Å²) in [5.41, 5.74) is 8.30. The molecule has 0 saturated carbocycles. The number of rotatable bonds is 2. The maximum Gasteiger partial charge on any atom is 0.135 e. The molecule has 1 aliphatic rings. The largest absolute Gasteiger partial charge is 0.456 e. The van der Waals surface area contributed by atoms with Gasteiger partial charge in [-0.1, -0.05) is 91.0 Å². The summed E-state index contributed by atoms with van der Waals surface area (Å²) in [6.07, 6.45) is 0. The van der Waals surface area contributed by atoms with Crippen molar-refractivity contribution in [1.29, 1.82) is 0 Å². The maximum atomic E-state index is 6.35. The van der Waals surface area contributed by atoms with E-state index in [1.54, 1.807) is 0 Å². The molecule has 0 aliphatic carbocycles. The number of nitrogens with zero attached hydrogens (tertiary/aromatic N) is 1. The first-order valence-electron chi connectivity index (χ1n) is 13.7. The van der Waals surface area contributed by atoms with Gasteiger partial charge in [0, 0.05) is 27.4 Å². The average molecular weight is 510 g/mol. The molecule has 1 aliphatic heterocycles. The van der Waals surface area contributed by atoms with Gasteiger partial charge in [0.1, 0.15) is 11.5 Å². The minimum absolute atomic E-state index is 0.903. The van der Waals surface area contributed by atoms with Gasteiger partial charge in [0.05, 0.1) is 11.0 Å². The third-order valence-corrected chi connectivity index (χ3v) is 8.33. The van der Waals surface area contributed by atoms with Crippen molar-refractivity contribution in [3.8, 4) is 39.4 Å². The van der Waals surface area contributed by atoms with Gasteiger partial charge < -0.3 is 9.30 Å². The van der Waals surface area contributed by atoms with E-state index in [1.807, 2.05) is 0 Å². The van der Waals surface area contributed by atoms with Gasteiger partial charge in [-0.15, -0.1) is 0 Å². The van der Waals surface area contributed by atoms with Crippen LogP contribution in [0.2, 0.25) is 0 Å². The highest BCUT2D eigenvalue weighted by Crippen LogP contribution is 2.47. The van der Waals surface area contributed by atoms with Gasteiger partial charge in [0.15, 0.2) is 0 Å². The zero-order valence-electron chi connectivity index (χ0n) is 21.6. The molecule has 0 N–H and O–H groups in total. The van der Waals surface area contributed by atoms with Crippen LogP contribution in [0.5, 0.6) is 11.5 Å². The molecular formula is C38H23NO. The smallest absolute Gasteiger partial charge is 0.135 e. The van der Waals surface area contributed by atoms with Crippen molar-refractivity contribution >= 4 is 43.4 Å². The molecule has 0 bridgehead atoms. The summed E-state index contributed by atoms with van der Waals surface area (Å²) in [7, 11) is 0. The van der Waals surface area contributed by atoms with Crippen LogP contribution >= 0.6 is 0 Å². The van der Waals surface area contributed by atoms with Crippen LogP contribution in [-0.2, 0) is 0 Å². The molecule has 186 valence electrons. The first-order valence-corrected chi connectivity index (χ1v) is 13.7. The van der Waals surface area contributed by atoms with Gasteiger partial charge in [0.25, 0.3) is 0 Å². The topological polar surface area (TPSA) is 14.2 Å². The van der Waals surface area contributed by atoms with E-state index in [0.717, 1.165) is 22.7 Å². The second-order valence-electron chi connectivity index (χ2n) is 10.6. The summed E-state index contributed by atoms with van der Waals surface area (Å²) in [5, 5.41) is 7.44. The predicted octanol–water partition coefficient (Wildman–Crippen LogP) is 10.5. The van der Waals surface area contributed by atoms with Crippen molar-refractivity contribution in [3.05, 3.63) is 140 Å². The quantitative estimate of drug-likeness (QED) is 0.226. The molecule has 2 heteroatoms. The van der Waals surface area contributed by atoms with E-state index in [2.05, 4.69) is 144 Å². The number of para-hydroxylation sites is 1. The van der Waals surface area contributed by atoms with Gasteiger partial charge in [-0.25, -0.2) is 0 Å². The number of ether oxygens (including phenoxy) is 1. The molecule has 7 aromatic carbocycles. The molecule has 40 heavy (non-hydrogen) atoms. The van der Waals surface area contributed by atoms with Crippen LogP contribution in [0.25, 0.3) is 71.3 Å². The Bertz CT molecular complexity index is 2300. The molecule has 0 amide bonds. The SMILES string of the molecule is c1cc(-c2ccc3c(c2)-c2cccc4cccc(c24)O3)cc(-n2c3ccccc3c3cc4ccccc4cc32)c1. The van der Waals surface area contributed by atoms with Gasteiger partial charge in [-0.3, -0.25) is 0 Å². The Labute approximate surface area is 231 Å². The van der Waals surface area contributed by atoms with E-state index >= 15 is 0 Å². The van der Waals surface area contributed by atoms with Crippen molar-refractivity contribution in [2.75, 3.05) is 0 Å². The summed E-state index contributed by atoms with van der Waals surface area (Å²) in [5.74, 6) is 1.83. The highest BCUT2D eigenvalue weighted by atomic mass is 16.5. The van der Waals surface area contributed by atoms with E-state index in [-0.39, 0.29) is 0 Å². The van der Waals surface area contributed by atoms with Crippen molar-refractivity contribution in [2.24, 2.45) is 0 Å². The third-order valence-electron chi connectivity index (χ3n) is 8.33. The maximum absolute atomic E-state index is 6.35. The van der Waals surface area contributed by atoms with Crippen LogP contribution < -0.4 is 4.74 Å². The van der Waals surface area contributed by atoms with Gasteiger partial charge >= 0.3 is 0 Å². The van der Waals surface area contributed by atoms with Crippen LogP contribution in [0, 0.1) is 0 Å². The molecule has 2 nitrogen and oxygen atoms in total. The predicted molar refractivity (Wildman–Crippen MR) is 167 cm³/mol.